The first kappa shape index (κ1) is 11.3. The molecule has 3 nitrogen and oxygen atoms in total. The van der Waals surface area contributed by atoms with Gasteiger partial charge in [-0.3, -0.25) is 0 Å². The summed E-state index contributed by atoms with van der Waals surface area (Å²) in [5, 5.41) is 3.46. The maximum absolute atomic E-state index is 5.42. The number of hydrogen-bond acceptors (Lipinski definition) is 3. The van der Waals surface area contributed by atoms with E-state index in [9.17, 15) is 0 Å². The van der Waals surface area contributed by atoms with Gasteiger partial charge in [-0.25, -0.2) is 0 Å². The third kappa shape index (κ3) is 2.00. The van der Waals surface area contributed by atoms with E-state index in [0.717, 1.165) is 24.5 Å². The Hall–Kier alpha value is -1.22. The van der Waals surface area contributed by atoms with Crippen LogP contribution in [-0.2, 0) is 0 Å². The largest absolute Gasteiger partial charge is 0.497 e. The van der Waals surface area contributed by atoms with Crippen LogP contribution in [0.5, 0.6) is 11.5 Å². The first-order valence-electron chi connectivity index (χ1n) is 5.71. The van der Waals surface area contributed by atoms with Crippen molar-refractivity contribution in [2.75, 3.05) is 20.8 Å². The van der Waals surface area contributed by atoms with Crippen molar-refractivity contribution in [2.24, 2.45) is 0 Å². The minimum atomic E-state index is 0.501. The number of benzene rings is 1. The van der Waals surface area contributed by atoms with Gasteiger partial charge in [0.05, 0.1) is 14.2 Å². The van der Waals surface area contributed by atoms with Crippen LogP contribution in [0.3, 0.4) is 0 Å². The van der Waals surface area contributed by atoms with E-state index >= 15 is 0 Å². The highest BCUT2D eigenvalue weighted by molar-refractivity contribution is 5.43. The van der Waals surface area contributed by atoms with Crippen LogP contribution in [0.25, 0.3) is 0 Å². The van der Waals surface area contributed by atoms with Gasteiger partial charge in [-0.2, -0.15) is 0 Å². The van der Waals surface area contributed by atoms with Crippen LogP contribution < -0.4 is 14.8 Å². The fourth-order valence-corrected chi connectivity index (χ4v) is 2.41. The fraction of sp³-hybridized carbons (Fsp3) is 0.538. The smallest absolute Gasteiger partial charge is 0.122 e. The molecule has 0 saturated carbocycles. The van der Waals surface area contributed by atoms with Gasteiger partial charge in [-0.1, -0.05) is 0 Å². The van der Waals surface area contributed by atoms with Gasteiger partial charge in [-0.15, -0.1) is 0 Å². The van der Waals surface area contributed by atoms with Crippen molar-refractivity contribution >= 4 is 0 Å². The molecule has 1 heterocycles. The van der Waals surface area contributed by atoms with E-state index in [1.807, 2.05) is 12.1 Å². The molecule has 0 radical (unpaired) electrons. The van der Waals surface area contributed by atoms with Crippen LogP contribution in [0.4, 0.5) is 0 Å². The van der Waals surface area contributed by atoms with Crippen molar-refractivity contribution < 1.29 is 9.47 Å². The zero-order valence-corrected chi connectivity index (χ0v) is 10.1. The Morgan fingerprint density at radius 2 is 2.06 bits per heavy atom. The molecule has 0 amide bonds. The van der Waals surface area contributed by atoms with Gasteiger partial charge >= 0.3 is 0 Å². The quantitative estimate of drug-likeness (QED) is 0.848. The summed E-state index contributed by atoms with van der Waals surface area (Å²) in [6.07, 6.45) is 1.16. The van der Waals surface area contributed by atoms with E-state index in [0.29, 0.717) is 12.0 Å². The Bertz CT molecular complexity index is 365. The highest BCUT2D eigenvalue weighted by atomic mass is 16.5. The first-order valence-corrected chi connectivity index (χ1v) is 5.71. The Morgan fingerprint density at radius 3 is 2.62 bits per heavy atom. The van der Waals surface area contributed by atoms with Crippen LogP contribution in [0.2, 0.25) is 0 Å². The lowest BCUT2D eigenvalue weighted by Gasteiger charge is -2.19. The van der Waals surface area contributed by atoms with Crippen molar-refractivity contribution in [2.45, 2.75) is 25.3 Å². The standard InChI is InChI=1S/C13H19NO2/c1-9-11(6-7-14-9)12-8-10(15-2)4-5-13(12)16-3/h4-5,8-9,11,14H,6-7H2,1-3H3. The van der Waals surface area contributed by atoms with E-state index in [2.05, 4.69) is 18.3 Å². The van der Waals surface area contributed by atoms with E-state index in [1.54, 1.807) is 14.2 Å². The average molecular weight is 221 g/mol. The summed E-state index contributed by atoms with van der Waals surface area (Å²) < 4.78 is 10.7. The Morgan fingerprint density at radius 1 is 1.25 bits per heavy atom. The molecule has 1 N–H and O–H groups in total. The van der Waals surface area contributed by atoms with Gasteiger partial charge in [0, 0.05) is 17.5 Å². The summed E-state index contributed by atoms with van der Waals surface area (Å²) >= 11 is 0. The van der Waals surface area contributed by atoms with E-state index < -0.39 is 0 Å². The van der Waals surface area contributed by atoms with Crippen LogP contribution in [-0.4, -0.2) is 26.8 Å². The normalized spacial score (nSPS) is 24.4. The van der Waals surface area contributed by atoms with Crippen LogP contribution in [0, 0.1) is 0 Å². The van der Waals surface area contributed by atoms with E-state index in [-0.39, 0.29) is 0 Å². The SMILES string of the molecule is COc1ccc(OC)c(C2CCNC2C)c1. The van der Waals surface area contributed by atoms with Crippen LogP contribution in [0.1, 0.15) is 24.8 Å². The molecule has 2 unspecified atom stereocenters. The summed E-state index contributed by atoms with van der Waals surface area (Å²) in [6, 6.07) is 6.52. The molecule has 1 fully saturated rings. The molecule has 0 aromatic heterocycles. The summed E-state index contributed by atoms with van der Waals surface area (Å²) in [6.45, 7) is 3.29. The molecule has 88 valence electrons. The van der Waals surface area contributed by atoms with Gasteiger partial charge in [0.25, 0.3) is 0 Å². The van der Waals surface area contributed by atoms with Gasteiger partial charge in [0.1, 0.15) is 11.5 Å². The molecule has 1 aromatic carbocycles. The van der Waals surface area contributed by atoms with Gasteiger partial charge < -0.3 is 14.8 Å². The Labute approximate surface area is 96.8 Å². The predicted octanol–water partition coefficient (Wildman–Crippen LogP) is 2.17. The monoisotopic (exact) mass is 221 g/mol. The molecule has 1 saturated heterocycles. The predicted molar refractivity (Wildman–Crippen MR) is 64.4 cm³/mol. The molecule has 0 bridgehead atoms. The minimum absolute atomic E-state index is 0.501. The van der Waals surface area contributed by atoms with Crippen LogP contribution in [0.15, 0.2) is 18.2 Å². The topological polar surface area (TPSA) is 30.5 Å². The summed E-state index contributed by atoms with van der Waals surface area (Å²) in [7, 11) is 3.42. The highest BCUT2D eigenvalue weighted by Crippen LogP contribution is 2.36. The van der Waals surface area contributed by atoms with Gasteiger partial charge in [0.15, 0.2) is 0 Å². The van der Waals surface area contributed by atoms with Crippen molar-refractivity contribution in [3.05, 3.63) is 23.8 Å². The zero-order chi connectivity index (χ0) is 11.5. The number of methoxy groups -OCH3 is 2. The molecule has 0 spiro atoms. The Kier molecular flexibility index (Phi) is 3.34. The Balaban J connectivity index is 2.36. The summed E-state index contributed by atoms with van der Waals surface area (Å²) in [5.74, 6) is 2.38. The number of hydrogen-bond donors (Lipinski definition) is 1. The second-order valence-electron chi connectivity index (χ2n) is 4.25. The fourth-order valence-electron chi connectivity index (χ4n) is 2.41. The number of rotatable bonds is 3. The third-order valence-corrected chi connectivity index (χ3v) is 3.36. The average Bonchev–Trinajstić information content (AvgIpc) is 2.74. The lowest BCUT2D eigenvalue weighted by atomic mass is 9.92. The molecule has 2 atom stereocenters. The van der Waals surface area contributed by atoms with Crippen LogP contribution >= 0.6 is 0 Å². The van der Waals surface area contributed by atoms with Crippen molar-refractivity contribution in [1.29, 1.82) is 0 Å². The van der Waals surface area contributed by atoms with Gasteiger partial charge in [-0.05, 0) is 38.1 Å². The molecule has 0 aliphatic carbocycles. The highest BCUT2D eigenvalue weighted by Gasteiger charge is 2.27. The molecule has 16 heavy (non-hydrogen) atoms. The van der Waals surface area contributed by atoms with Crippen molar-refractivity contribution in [1.82, 2.24) is 5.32 Å². The third-order valence-electron chi connectivity index (χ3n) is 3.36. The summed E-state index contributed by atoms with van der Waals surface area (Å²) in [4.78, 5) is 0. The maximum Gasteiger partial charge on any atom is 0.122 e. The lowest BCUT2D eigenvalue weighted by molar-refractivity contribution is 0.393. The molecule has 1 aromatic rings. The second kappa shape index (κ2) is 4.74. The number of nitrogens with one attached hydrogen (secondary N) is 1. The lowest BCUT2D eigenvalue weighted by Crippen LogP contribution is -2.21. The summed E-state index contributed by atoms with van der Waals surface area (Å²) in [5.41, 5.74) is 1.25. The molecule has 3 heteroatoms. The molecule has 2 rings (SSSR count). The van der Waals surface area contributed by atoms with E-state index in [1.165, 1.54) is 5.56 Å². The van der Waals surface area contributed by atoms with Crippen molar-refractivity contribution in [3.63, 3.8) is 0 Å². The molecular weight excluding hydrogens is 202 g/mol. The van der Waals surface area contributed by atoms with Crippen molar-refractivity contribution in [3.8, 4) is 11.5 Å². The number of ether oxygens (including phenoxy) is 2. The minimum Gasteiger partial charge on any atom is -0.497 e. The second-order valence-corrected chi connectivity index (χ2v) is 4.25. The first-order chi connectivity index (χ1) is 7.76. The molecule has 1 aliphatic rings. The molecule has 1 aliphatic heterocycles. The van der Waals surface area contributed by atoms with Gasteiger partial charge in [0.2, 0.25) is 0 Å². The van der Waals surface area contributed by atoms with E-state index in [4.69, 9.17) is 9.47 Å². The maximum atomic E-state index is 5.42. The zero-order valence-electron chi connectivity index (χ0n) is 10.1. The molecular formula is C13H19NO2.